The SMILES string of the molecule is CC1CCC(N(C)CCC=O)CC1. The maximum absolute atomic E-state index is 10.2. The van der Waals surface area contributed by atoms with E-state index < -0.39 is 0 Å². The highest BCUT2D eigenvalue weighted by molar-refractivity contribution is 5.49. The van der Waals surface area contributed by atoms with Gasteiger partial charge in [0.2, 0.25) is 0 Å². The highest BCUT2D eigenvalue weighted by atomic mass is 16.1. The van der Waals surface area contributed by atoms with Crippen molar-refractivity contribution in [1.82, 2.24) is 4.90 Å². The summed E-state index contributed by atoms with van der Waals surface area (Å²) >= 11 is 0. The van der Waals surface area contributed by atoms with Crippen LogP contribution < -0.4 is 0 Å². The largest absolute Gasteiger partial charge is 0.303 e. The number of aldehydes is 1. The molecule has 0 saturated heterocycles. The van der Waals surface area contributed by atoms with Gasteiger partial charge in [-0.2, -0.15) is 0 Å². The topological polar surface area (TPSA) is 20.3 Å². The average molecular weight is 183 g/mol. The van der Waals surface area contributed by atoms with Crippen molar-refractivity contribution in [2.24, 2.45) is 5.92 Å². The molecule has 0 aliphatic heterocycles. The van der Waals surface area contributed by atoms with Crippen LogP contribution in [-0.2, 0) is 4.79 Å². The van der Waals surface area contributed by atoms with Gasteiger partial charge in [0.15, 0.2) is 0 Å². The summed E-state index contributed by atoms with van der Waals surface area (Å²) in [5.74, 6) is 0.913. The van der Waals surface area contributed by atoms with Gasteiger partial charge >= 0.3 is 0 Å². The molecule has 0 N–H and O–H groups in total. The fraction of sp³-hybridized carbons (Fsp3) is 0.909. The molecule has 0 amide bonds. The highest BCUT2D eigenvalue weighted by Gasteiger charge is 2.20. The first kappa shape index (κ1) is 10.7. The smallest absolute Gasteiger partial charge is 0.121 e. The van der Waals surface area contributed by atoms with E-state index in [-0.39, 0.29) is 0 Å². The van der Waals surface area contributed by atoms with Crippen molar-refractivity contribution in [1.29, 1.82) is 0 Å². The van der Waals surface area contributed by atoms with E-state index in [9.17, 15) is 4.79 Å². The summed E-state index contributed by atoms with van der Waals surface area (Å²) in [5.41, 5.74) is 0. The summed E-state index contributed by atoms with van der Waals surface area (Å²) in [6.07, 6.45) is 7.05. The lowest BCUT2D eigenvalue weighted by atomic mass is 9.87. The Morgan fingerprint density at radius 3 is 2.46 bits per heavy atom. The second kappa shape index (κ2) is 5.38. The lowest BCUT2D eigenvalue weighted by Crippen LogP contribution is -2.35. The van der Waals surface area contributed by atoms with Crippen molar-refractivity contribution >= 4 is 6.29 Å². The lowest BCUT2D eigenvalue weighted by Gasteiger charge is -2.33. The molecule has 0 radical (unpaired) electrons. The first-order valence-electron chi connectivity index (χ1n) is 5.38. The molecule has 0 unspecified atom stereocenters. The maximum atomic E-state index is 10.2. The van der Waals surface area contributed by atoms with Gasteiger partial charge in [-0.05, 0) is 38.6 Å². The van der Waals surface area contributed by atoms with Crippen LogP contribution in [0.15, 0.2) is 0 Å². The Morgan fingerprint density at radius 2 is 1.92 bits per heavy atom. The zero-order valence-electron chi connectivity index (χ0n) is 8.83. The molecule has 0 heterocycles. The third-order valence-corrected chi connectivity index (χ3v) is 3.21. The van der Waals surface area contributed by atoms with Crippen LogP contribution in [0.5, 0.6) is 0 Å². The van der Waals surface area contributed by atoms with E-state index in [0.717, 1.165) is 24.8 Å². The van der Waals surface area contributed by atoms with Crippen LogP contribution in [0, 0.1) is 5.92 Å². The zero-order valence-corrected chi connectivity index (χ0v) is 8.83. The van der Waals surface area contributed by atoms with Gasteiger partial charge in [-0.3, -0.25) is 0 Å². The maximum Gasteiger partial charge on any atom is 0.121 e. The van der Waals surface area contributed by atoms with Gasteiger partial charge in [-0.1, -0.05) is 6.92 Å². The summed E-state index contributed by atoms with van der Waals surface area (Å²) < 4.78 is 0. The van der Waals surface area contributed by atoms with Crippen molar-refractivity contribution in [2.75, 3.05) is 13.6 Å². The van der Waals surface area contributed by atoms with Crippen molar-refractivity contribution < 1.29 is 4.79 Å². The monoisotopic (exact) mass is 183 g/mol. The molecule has 1 aliphatic carbocycles. The minimum absolute atomic E-state index is 0.683. The van der Waals surface area contributed by atoms with E-state index in [4.69, 9.17) is 0 Å². The molecule has 2 heteroatoms. The van der Waals surface area contributed by atoms with Gasteiger partial charge in [-0.15, -0.1) is 0 Å². The van der Waals surface area contributed by atoms with E-state index in [1.54, 1.807) is 0 Å². The van der Waals surface area contributed by atoms with Crippen molar-refractivity contribution in [3.8, 4) is 0 Å². The molecule has 0 atom stereocenters. The average Bonchev–Trinajstić information content (AvgIpc) is 2.15. The van der Waals surface area contributed by atoms with E-state index in [0.29, 0.717) is 6.42 Å². The Bertz CT molecular complexity index is 150. The molecule has 2 nitrogen and oxygen atoms in total. The van der Waals surface area contributed by atoms with Crippen LogP contribution in [0.3, 0.4) is 0 Å². The molecule has 1 rings (SSSR count). The summed E-state index contributed by atoms with van der Waals surface area (Å²) in [6, 6.07) is 0.733. The van der Waals surface area contributed by atoms with Crippen LogP contribution in [0.2, 0.25) is 0 Å². The van der Waals surface area contributed by atoms with E-state index >= 15 is 0 Å². The lowest BCUT2D eigenvalue weighted by molar-refractivity contribution is -0.108. The summed E-state index contributed by atoms with van der Waals surface area (Å²) in [7, 11) is 2.14. The third kappa shape index (κ3) is 3.47. The van der Waals surface area contributed by atoms with Crippen LogP contribution in [0.25, 0.3) is 0 Å². The molecular weight excluding hydrogens is 162 g/mol. The zero-order chi connectivity index (χ0) is 9.68. The number of hydrogen-bond acceptors (Lipinski definition) is 2. The molecule has 13 heavy (non-hydrogen) atoms. The third-order valence-electron chi connectivity index (χ3n) is 3.21. The van der Waals surface area contributed by atoms with E-state index in [2.05, 4.69) is 18.9 Å². The van der Waals surface area contributed by atoms with Crippen molar-refractivity contribution in [2.45, 2.75) is 45.1 Å². The molecule has 0 aromatic heterocycles. The second-order valence-corrected chi connectivity index (χ2v) is 4.35. The Labute approximate surface area is 81.3 Å². The van der Waals surface area contributed by atoms with Gasteiger partial charge in [0.05, 0.1) is 0 Å². The first-order valence-corrected chi connectivity index (χ1v) is 5.38. The highest BCUT2D eigenvalue weighted by Crippen LogP contribution is 2.26. The Balaban J connectivity index is 2.22. The number of carbonyl (C=O) groups is 1. The molecule has 0 aromatic rings. The standard InChI is InChI=1S/C11H21NO/c1-10-4-6-11(7-5-10)12(2)8-3-9-13/h9-11H,3-8H2,1-2H3. The van der Waals surface area contributed by atoms with Crippen LogP contribution >= 0.6 is 0 Å². The van der Waals surface area contributed by atoms with Crippen LogP contribution in [-0.4, -0.2) is 30.8 Å². The summed E-state index contributed by atoms with van der Waals surface area (Å²) in [4.78, 5) is 12.6. The Morgan fingerprint density at radius 1 is 1.31 bits per heavy atom. The predicted molar refractivity (Wildman–Crippen MR) is 54.7 cm³/mol. The van der Waals surface area contributed by atoms with E-state index in [1.165, 1.54) is 25.7 Å². The fourth-order valence-corrected chi connectivity index (χ4v) is 2.12. The summed E-state index contributed by atoms with van der Waals surface area (Å²) in [5, 5.41) is 0. The van der Waals surface area contributed by atoms with Crippen molar-refractivity contribution in [3.63, 3.8) is 0 Å². The van der Waals surface area contributed by atoms with Crippen LogP contribution in [0.1, 0.15) is 39.0 Å². The Hall–Kier alpha value is -0.370. The minimum atomic E-state index is 0.683. The summed E-state index contributed by atoms with van der Waals surface area (Å²) in [6.45, 7) is 3.27. The molecule has 0 aromatic carbocycles. The van der Waals surface area contributed by atoms with Gasteiger partial charge in [0, 0.05) is 19.0 Å². The molecule has 0 spiro atoms. The minimum Gasteiger partial charge on any atom is -0.303 e. The van der Waals surface area contributed by atoms with Crippen LogP contribution in [0.4, 0.5) is 0 Å². The molecule has 0 bridgehead atoms. The van der Waals surface area contributed by atoms with Gasteiger partial charge in [0.1, 0.15) is 6.29 Å². The molecule has 1 saturated carbocycles. The molecule has 1 aliphatic rings. The van der Waals surface area contributed by atoms with Crippen molar-refractivity contribution in [3.05, 3.63) is 0 Å². The number of rotatable bonds is 4. The molecule has 76 valence electrons. The van der Waals surface area contributed by atoms with Gasteiger partial charge < -0.3 is 9.69 Å². The normalized spacial score (nSPS) is 29.2. The van der Waals surface area contributed by atoms with Gasteiger partial charge in [-0.25, -0.2) is 0 Å². The second-order valence-electron chi connectivity index (χ2n) is 4.35. The molecular formula is C11H21NO. The first-order chi connectivity index (χ1) is 6.24. The number of hydrogen-bond donors (Lipinski definition) is 0. The number of nitrogens with zero attached hydrogens (tertiary/aromatic N) is 1. The predicted octanol–water partition coefficient (Wildman–Crippen LogP) is 2.09. The number of carbonyl (C=O) groups excluding carboxylic acids is 1. The Kier molecular flexibility index (Phi) is 4.43. The van der Waals surface area contributed by atoms with Gasteiger partial charge in [0.25, 0.3) is 0 Å². The van der Waals surface area contributed by atoms with E-state index in [1.807, 2.05) is 0 Å². The molecule has 1 fully saturated rings. The quantitative estimate of drug-likeness (QED) is 0.622. The fourth-order valence-electron chi connectivity index (χ4n) is 2.12.